The molecule has 12 nitrogen and oxygen atoms in total. The van der Waals surface area contributed by atoms with E-state index in [2.05, 4.69) is 81.9 Å². The number of fused-ring (bicyclic) bond motifs is 2. The van der Waals surface area contributed by atoms with Crippen LogP contribution in [0, 0.1) is 0 Å². The number of hydrogen-bond acceptors (Lipinski definition) is 8. The second-order valence-corrected chi connectivity index (χ2v) is 16.4. The van der Waals surface area contributed by atoms with Crippen LogP contribution in [0.5, 0.6) is 5.75 Å². The molecule has 272 valence electrons. The van der Waals surface area contributed by atoms with Gasteiger partial charge in [-0.3, -0.25) is 14.5 Å². The Morgan fingerprint density at radius 1 is 0.922 bits per heavy atom. The van der Waals surface area contributed by atoms with Crippen LogP contribution in [-0.2, 0) is 10.8 Å². The van der Waals surface area contributed by atoms with E-state index in [4.69, 9.17) is 4.74 Å². The molecule has 2 aliphatic carbocycles. The van der Waals surface area contributed by atoms with Gasteiger partial charge in [0.15, 0.2) is 5.65 Å². The lowest BCUT2D eigenvalue weighted by Crippen LogP contribution is -2.54. The number of rotatable bonds is 8. The Morgan fingerprint density at radius 2 is 1.65 bits per heavy atom. The van der Waals surface area contributed by atoms with Gasteiger partial charge in [-0.05, 0) is 63.0 Å². The van der Waals surface area contributed by atoms with Gasteiger partial charge in [-0.15, -0.1) is 10.2 Å². The number of amides is 3. The second-order valence-electron chi connectivity index (χ2n) is 16.4. The molecule has 0 bridgehead atoms. The van der Waals surface area contributed by atoms with E-state index >= 15 is 0 Å². The number of benzene rings is 1. The molecule has 1 fully saturated rings. The molecule has 0 unspecified atom stereocenters. The average Bonchev–Trinajstić information content (AvgIpc) is 3.52. The molecule has 1 aromatic carbocycles. The monoisotopic (exact) mass is 695 g/mol. The van der Waals surface area contributed by atoms with Crippen molar-refractivity contribution in [1.82, 2.24) is 40.1 Å². The molecule has 0 aliphatic heterocycles. The highest BCUT2D eigenvalue weighted by Crippen LogP contribution is 2.39. The molecule has 3 amide bonds. The van der Waals surface area contributed by atoms with Crippen molar-refractivity contribution in [3.05, 3.63) is 77.1 Å². The van der Waals surface area contributed by atoms with Crippen LogP contribution in [0.3, 0.4) is 0 Å². The quantitative estimate of drug-likeness (QED) is 0.181. The van der Waals surface area contributed by atoms with E-state index in [1.165, 1.54) is 6.42 Å². The number of carbonyl (C=O) groups is 2. The van der Waals surface area contributed by atoms with Crippen LogP contribution >= 0.6 is 0 Å². The number of nitrogens with one attached hydrogen (secondary N) is 3. The zero-order chi connectivity index (χ0) is 36.6. The van der Waals surface area contributed by atoms with Crippen LogP contribution in [0.25, 0.3) is 5.65 Å². The van der Waals surface area contributed by atoms with E-state index in [0.717, 1.165) is 54.0 Å². The molecular weight excluding hydrogens is 642 g/mol. The fourth-order valence-electron chi connectivity index (χ4n) is 7.26. The molecule has 1 saturated carbocycles. The van der Waals surface area contributed by atoms with Crippen molar-refractivity contribution in [2.45, 2.75) is 115 Å². The number of hydrogen-bond donors (Lipinski definition) is 3. The van der Waals surface area contributed by atoms with Gasteiger partial charge in [0.25, 0.3) is 5.91 Å². The van der Waals surface area contributed by atoms with E-state index in [1.807, 2.05) is 61.7 Å². The number of likely N-dealkylation sites (N-methyl/N-ethyl adjacent to an activating group) is 1. The van der Waals surface area contributed by atoms with Gasteiger partial charge in [0.1, 0.15) is 23.5 Å². The molecule has 12 heteroatoms. The smallest absolute Gasteiger partial charge is 0.320 e. The zero-order valence-electron chi connectivity index (χ0n) is 31.3. The number of nitrogens with zero attached hydrogens (tertiary/aromatic N) is 6. The van der Waals surface area contributed by atoms with Gasteiger partial charge in [0.2, 0.25) is 5.82 Å². The summed E-state index contributed by atoms with van der Waals surface area (Å²) in [7, 11) is 4.16. The fourth-order valence-corrected chi connectivity index (χ4v) is 7.26. The van der Waals surface area contributed by atoms with Gasteiger partial charge in [0, 0.05) is 29.0 Å². The molecule has 4 aromatic rings. The standard InChI is InChI=1S/C39H53N9O3/c1-37(2,3)30-22-31(43-33(42-30)34(49)40-24-39(47(7)8)20-12-9-13-21-39)44-36(50)41-28-17-18-29(27-15-11-10-14-26(27)28)51-25-16-19-32-45-46-35(38(4,5)6)48(32)23-25/h10-11,14-16,19,22-23,28-29H,9,12-13,17-18,20-21,24H2,1-8H3,(H,40,49)(H2,41,42,43,44,50)/t28-,29+/m0/s1. The summed E-state index contributed by atoms with van der Waals surface area (Å²) in [5.74, 6) is 1.57. The van der Waals surface area contributed by atoms with Gasteiger partial charge in [0.05, 0.1) is 17.9 Å². The SMILES string of the molecule is CN(C)C1(CNC(=O)c2nc(NC(=O)N[C@H]3CC[C@@H](Oc4ccc5nnc(C(C)(C)C)n5c4)c4ccccc43)cc(C(C)(C)C)n2)CCCCC1. The molecule has 2 aliphatic rings. The first-order valence-electron chi connectivity index (χ1n) is 18.2. The lowest BCUT2D eigenvalue weighted by molar-refractivity contribution is 0.0792. The van der Waals surface area contributed by atoms with Crippen LogP contribution in [0.2, 0.25) is 0 Å². The van der Waals surface area contributed by atoms with Crippen LogP contribution in [0.15, 0.2) is 48.7 Å². The molecule has 6 rings (SSSR count). The first-order valence-corrected chi connectivity index (χ1v) is 18.2. The van der Waals surface area contributed by atoms with Crippen molar-refractivity contribution in [2.24, 2.45) is 0 Å². The van der Waals surface area contributed by atoms with E-state index in [9.17, 15) is 9.59 Å². The van der Waals surface area contributed by atoms with Crippen LogP contribution in [0.1, 0.15) is 132 Å². The summed E-state index contributed by atoms with van der Waals surface area (Å²) in [5, 5.41) is 17.9. The van der Waals surface area contributed by atoms with E-state index in [-0.39, 0.29) is 46.1 Å². The minimum Gasteiger partial charge on any atom is -0.484 e. The van der Waals surface area contributed by atoms with E-state index < -0.39 is 6.03 Å². The largest absolute Gasteiger partial charge is 0.484 e. The van der Waals surface area contributed by atoms with Gasteiger partial charge in [-0.25, -0.2) is 14.8 Å². The number of pyridine rings is 1. The number of ether oxygens (including phenoxy) is 1. The molecule has 0 saturated heterocycles. The molecule has 51 heavy (non-hydrogen) atoms. The highest BCUT2D eigenvalue weighted by Gasteiger charge is 2.35. The Balaban J connectivity index is 1.16. The summed E-state index contributed by atoms with van der Waals surface area (Å²) >= 11 is 0. The van der Waals surface area contributed by atoms with Crippen molar-refractivity contribution in [2.75, 3.05) is 26.0 Å². The highest BCUT2D eigenvalue weighted by molar-refractivity contribution is 5.92. The normalized spacial score (nSPS) is 19.0. The minimum absolute atomic E-state index is 0.0460. The third-order valence-corrected chi connectivity index (χ3v) is 10.3. The maximum absolute atomic E-state index is 13.5. The highest BCUT2D eigenvalue weighted by atomic mass is 16.5. The molecule has 3 heterocycles. The van der Waals surface area contributed by atoms with Gasteiger partial charge < -0.3 is 20.3 Å². The predicted molar refractivity (Wildman–Crippen MR) is 198 cm³/mol. The molecule has 0 radical (unpaired) electrons. The van der Waals surface area contributed by atoms with Crippen LogP contribution < -0.4 is 20.7 Å². The Bertz CT molecular complexity index is 1880. The number of aromatic nitrogens is 5. The van der Waals surface area contributed by atoms with Crippen molar-refractivity contribution in [3.63, 3.8) is 0 Å². The Hall–Kier alpha value is -4.58. The molecule has 3 N–H and O–H groups in total. The number of urea groups is 1. The fraction of sp³-hybridized carbons (Fsp3) is 0.538. The van der Waals surface area contributed by atoms with Crippen molar-refractivity contribution < 1.29 is 14.3 Å². The predicted octanol–water partition coefficient (Wildman–Crippen LogP) is 6.89. The maximum atomic E-state index is 13.5. The topological polar surface area (TPSA) is 139 Å². The number of carbonyl (C=O) groups excluding carboxylic acids is 2. The minimum atomic E-state index is -0.402. The summed E-state index contributed by atoms with van der Waals surface area (Å²) in [6.07, 6.45) is 8.72. The summed E-state index contributed by atoms with van der Waals surface area (Å²) < 4.78 is 8.56. The van der Waals surface area contributed by atoms with Crippen molar-refractivity contribution in [1.29, 1.82) is 0 Å². The van der Waals surface area contributed by atoms with Crippen LogP contribution in [-0.4, -0.2) is 67.6 Å². The first-order chi connectivity index (χ1) is 24.1. The molecular formula is C39H53N9O3. The number of anilines is 1. The zero-order valence-corrected chi connectivity index (χ0v) is 31.3. The molecule has 2 atom stereocenters. The Labute approximate surface area is 301 Å². The molecule has 0 spiro atoms. The van der Waals surface area contributed by atoms with E-state index in [1.54, 1.807) is 6.07 Å². The second kappa shape index (κ2) is 14.2. The van der Waals surface area contributed by atoms with Gasteiger partial charge >= 0.3 is 6.03 Å². The van der Waals surface area contributed by atoms with E-state index in [0.29, 0.717) is 25.1 Å². The summed E-state index contributed by atoms with van der Waals surface area (Å²) in [4.78, 5) is 38.4. The third-order valence-electron chi connectivity index (χ3n) is 10.3. The first kappa shape index (κ1) is 36.2. The Kier molecular flexibility index (Phi) is 10.1. The van der Waals surface area contributed by atoms with Crippen molar-refractivity contribution >= 4 is 23.4 Å². The summed E-state index contributed by atoms with van der Waals surface area (Å²) in [5.41, 5.74) is 2.84. The summed E-state index contributed by atoms with van der Waals surface area (Å²) in [6.45, 7) is 12.9. The molecule has 3 aromatic heterocycles. The third kappa shape index (κ3) is 8.01. The maximum Gasteiger partial charge on any atom is 0.320 e. The van der Waals surface area contributed by atoms with Gasteiger partial charge in [-0.1, -0.05) is 85.1 Å². The summed E-state index contributed by atoms with van der Waals surface area (Å²) in [6, 6.07) is 13.0. The Morgan fingerprint density at radius 3 is 2.33 bits per heavy atom. The average molecular weight is 696 g/mol. The van der Waals surface area contributed by atoms with Gasteiger partial charge in [-0.2, -0.15) is 0 Å². The lowest BCUT2D eigenvalue weighted by Gasteiger charge is -2.43. The van der Waals surface area contributed by atoms with Crippen molar-refractivity contribution in [3.8, 4) is 5.75 Å². The lowest BCUT2D eigenvalue weighted by atomic mass is 9.80. The van der Waals surface area contributed by atoms with Crippen LogP contribution in [0.4, 0.5) is 10.6 Å².